The van der Waals surface area contributed by atoms with E-state index >= 15 is 0 Å². The Morgan fingerprint density at radius 1 is 1.05 bits per heavy atom. The van der Waals surface area contributed by atoms with Gasteiger partial charge in [-0.05, 0) is 30.2 Å². The van der Waals surface area contributed by atoms with E-state index in [0.29, 0.717) is 18.4 Å². The Balaban J connectivity index is 1.76. The first-order chi connectivity index (χ1) is 10.8. The van der Waals surface area contributed by atoms with Gasteiger partial charge in [0.1, 0.15) is 0 Å². The molecule has 0 atom stereocenters. The Kier molecular flexibility index (Phi) is 3.95. The SMILES string of the molecule is [N-]=[N+]=C(C(=O)CCc1c[nH]c2ccccc12)c1ccccc1. The summed E-state index contributed by atoms with van der Waals surface area (Å²) < 4.78 is 0. The van der Waals surface area contributed by atoms with Crippen molar-refractivity contribution in [2.75, 3.05) is 0 Å². The number of nitrogens with zero attached hydrogens (tertiary/aromatic N) is 2. The number of H-pyrrole nitrogens is 1. The summed E-state index contributed by atoms with van der Waals surface area (Å²) in [4.78, 5) is 18.7. The number of hydrogen-bond donors (Lipinski definition) is 1. The Hall–Kier alpha value is -2.97. The van der Waals surface area contributed by atoms with Crippen LogP contribution in [0, 0.1) is 0 Å². The highest BCUT2D eigenvalue weighted by Crippen LogP contribution is 2.19. The minimum Gasteiger partial charge on any atom is -0.361 e. The van der Waals surface area contributed by atoms with Crippen molar-refractivity contribution in [3.05, 3.63) is 77.5 Å². The molecule has 1 heterocycles. The van der Waals surface area contributed by atoms with E-state index in [1.807, 2.05) is 48.7 Å². The molecule has 2 aromatic carbocycles. The minimum atomic E-state index is -0.168. The molecule has 0 aliphatic heterocycles. The number of nitrogens with one attached hydrogen (secondary N) is 1. The van der Waals surface area contributed by atoms with Gasteiger partial charge in [-0.2, -0.15) is 4.79 Å². The molecule has 0 unspecified atom stereocenters. The third-order valence-electron chi connectivity index (χ3n) is 3.71. The van der Waals surface area contributed by atoms with Gasteiger partial charge in [0.2, 0.25) is 5.78 Å². The lowest BCUT2D eigenvalue weighted by Gasteiger charge is -1.98. The second kappa shape index (κ2) is 6.20. The number of aryl methyl sites for hydroxylation is 1. The van der Waals surface area contributed by atoms with E-state index in [2.05, 4.69) is 9.77 Å². The molecular weight excluding hydrogens is 274 g/mol. The van der Waals surface area contributed by atoms with Gasteiger partial charge >= 0.3 is 5.71 Å². The van der Waals surface area contributed by atoms with Crippen LogP contribution in [-0.2, 0) is 11.2 Å². The lowest BCUT2D eigenvalue weighted by atomic mass is 10.0. The van der Waals surface area contributed by atoms with Gasteiger partial charge < -0.3 is 10.5 Å². The fourth-order valence-electron chi connectivity index (χ4n) is 2.58. The topological polar surface area (TPSA) is 69.3 Å². The summed E-state index contributed by atoms with van der Waals surface area (Å²) >= 11 is 0. The van der Waals surface area contributed by atoms with Crippen LogP contribution in [0.1, 0.15) is 17.5 Å². The van der Waals surface area contributed by atoms with Crippen molar-refractivity contribution in [1.29, 1.82) is 0 Å². The van der Waals surface area contributed by atoms with E-state index in [1.165, 1.54) is 0 Å². The van der Waals surface area contributed by atoms with E-state index in [0.717, 1.165) is 16.5 Å². The summed E-state index contributed by atoms with van der Waals surface area (Å²) in [6.07, 6.45) is 2.83. The standard InChI is InChI=1S/C18H15N3O/c19-21-18(13-6-2-1-3-7-13)17(22)11-10-14-12-20-16-9-5-4-8-15(14)16/h1-9,12,20H,10-11H2. The smallest absolute Gasteiger partial charge is 0.361 e. The number of carbonyl (C=O) groups is 1. The fraction of sp³-hybridized carbons (Fsp3) is 0.111. The van der Waals surface area contributed by atoms with Gasteiger partial charge in [-0.3, -0.25) is 4.79 Å². The quantitative estimate of drug-likeness (QED) is 0.436. The van der Waals surface area contributed by atoms with E-state index in [-0.39, 0.29) is 11.5 Å². The molecule has 0 aliphatic rings. The van der Waals surface area contributed by atoms with Gasteiger partial charge in [-0.25, -0.2) is 0 Å². The van der Waals surface area contributed by atoms with E-state index in [4.69, 9.17) is 5.53 Å². The monoisotopic (exact) mass is 289 g/mol. The third kappa shape index (κ3) is 2.73. The number of rotatable bonds is 5. The van der Waals surface area contributed by atoms with Gasteiger partial charge in [0.05, 0.1) is 5.56 Å². The molecule has 0 amide bonds. The maximum atomic E-state index is 12.3. The number of aromatic nitrogens is 1. The van der Waals surface area contributed by atoms with Crippen molar-refractivity contribution in [3.63, 3.8) is 0 Å². The highest BCUT2D eigenvalue weighted by Gasteiger charge is 2.22. The molecule has 0 saturated carbocycles. The average molecular weight is 289 g/mol. The van der Waals surface area contributed by atoms with Crippen LogP contribution < -0.4 is 0 Å². The van der Waals surface area contributed by atoms with Crippen LogP contribution in [0.15, 0.2) is 60.8 Å². The van der Waals surface area contributed by atoms with E-state index in [9.17, 15) is 4.79 Å². The summed E-state index contributed by atoms with van der Waals surface area (Å²) in [7, 11) is 0. The van der Waals surface area contributed by atoms with Crippen molar-refractivity contribution >= 4 is 22.4 Å². The maximum absolute atomic E-state index is 12.3. The molecule has 0 aliphatic carbocycles. The van der Waals surface area contributed by atoms with E-state index in [1.54, 1.807) is 12.1 Å². The molecule has 1 N–H and O–H groups in total. The molecule has 0 fully saturated rings. The predicted molar refractivity (Wildman–Crippen MR) is 85.8 cm³/mol. The van der Waals surface area contributed by atoms with Gasteiger partial charge in [-0.15, -0.1) is 0 Å². The van der Waals surface area contributed by atoms with Gasteiger partial charge in [-0.1, -0.05) is 36.4 Å². The Labute approximate surface area is 128 Å². The van der Waals surface area contributed by atoms with Crippen LogP contribution in [0.4, 0.5) is 0 Å². The molecule has 4 nitrogen and oxygen atoms in total. The fourth-order valence-corrected chi connectivity index (χ4v) is 2.58. The van der Waals surface area contributed by atoms with Crippen molar-refractivity contribution in [2.24, 2.45) is 0 Å². The van der Waals surface area contributed by atoms with Crippen molar-refractivity contribution in [3.8, 4) is 0 Å². The first kappa shape index (κ1) is 14.0. The average Bonchev–Trinajstić information content (AvgIpc) is 2.98. The lowest BCUT2D eigenvalue weighted by molar-refractivity contribution is -0.117. The summed E-state index contributed by atoms with van der Waals surface area (Å²) in [5, 5.41) is 1.12. The Morgan fingerprint density at radius 2 is 1.77 bits per heavy atom. The first-order valence-electron chi connectivity index (χ1n) is 7.15. The summed E-state index contributed by atoms with van der Waals surface area (Å²) in [6.45, 7) is 0. The van der Waals surface area contributed by atoms with Crippen LogP contribution in [0.3, 0.4) is 0 Å². The number of Topliss-reactive ketones (excluding diaryl/α,β-unsaturated/α-hetero) is 1. The molecule has 22 heavy (non-hydrogen) atoms. The summed E-state index contributed by atoms with van der Waals surface area (Å²) in [5.41, 5.74) is 12.0. The highest BCUT2D eigenvalue weighted by molar-refractivity contribution is 6.43. The molecule has 4 heteroatoms. The normalized spacial score (nSPS) is 10.4. The second-order valence-electron chi connectivity index (χ2n) is 5.10. The van der Waals surface area contributed by atoms with Crippen LogP contribution in [0.5, 0.6) is 0 Å². The number of fused-ring (bicyclic) bond motifs is 1. The van der Waals surface area contributed by atoms with E-state index < -0.39 is 0 Å². The molecular formula is C18H15N3O. The van der Waals surface area contributed by atoms with Crippen LogP contribution in [-0.4, -0.2) is 21.3 Å². The molecule has 3 rings (SSSR count). The summed E-state index contributed by atoms with van der Waals surface area (Å²) in [5.74, 6) is -0.168. The zero-order chi connectivity index (χ0) is 15.4. The van der Waals surface area contributed by atoms with Crippen LogP contribution >= 0.6 is 0 Å². The molecule has 1 aromatic heterocycles. The number of ketones is 1. The first-order valence-corrected chi connectivity index (χ1v) is 7.15. The van der Waals surface area contributed by atoms with Crippen molar-refractivity contribution < 1.29 is 9.58 Å². The molecule has 0 radical (unpaired) electrons. The molecule has 108 valence electrons. The van der Waals surface area contributed by atoms with Crippen LogP contribution in [0.2, 0.25) is 0 Å². The molecule has 0 saturated heterocycles. The molecule has 3 aromatic rings. The highest BCUT2D eigenvalue weighted by atomic mass is 16.1. The van der Waals surface area contributed by atoms with Gasteiger partial charge in [0, 0.05) is 23.5 Å². The van der Waals surface area contributed by atoms with Gasteiger partial charge in [0.15, 0.2) is 0 Å². The Bertz CT molecular complexity index is 858. The third-order valence-corrected chi connectivity index (χ3v) is 3.71. The maximum Gasteiger partial charge on any atom is 0.364 e. The van der Waals surface area contributed by atoms with Crippen LogP contribution in [0.25, 0.3) is 16.4 Å². The second-order valence-corrected chi connectivity index (χ2v) is 5.10. The lowest BCUT2D eigenvalue weighted by Crippen LogP contribution is -2.17. The Morgan fingerprint density at radius 3 is 2.55 bits per heavy atom. The minimum absolute atomic E-state index is 0.112. The zero-order valence-corrected chi connectivity index (χ0v) is 12.0. The zero-order valence-electron chi connectivity index (χ0n) is 12.0. The molecule has 0 bridgehead atoms. The molecule has 0 spiro atoms. The predicted octanol–water partition coefficient (Wildman–Crippen LogP) is 3.39. The summed E-state index contributed by atoms with van der Waals surface area (Å²) in [6, 6.07) is 17.0. The number of benzene rings is 2. The number of para-hydroxylation sites is 1. The number of carbonyl (C=O) groups excluding carboxylic acids is 1. The largest absolute Gasteiger partial charge is 0.364 e. The number of hydrogen-bond acceptors (Lipinski definition) is 1. The van der Waals surface area contributed by atoms with Crippen molar-refractivity contribution in [1.82, 2.24) is 4.98 Å². The van der Waals surface area contributed by atoms with Gasteiger partial charge in [0.25, 0.3) is 0 Å². The van der Waals surface area contributed by atoms with Crippen molar-refractivity contribution in [2.45, 2.75) is 12.8 Å². The number of aromatic amines is 1.